The smallest absolute Gasteiger partial charge is 0.217 e. The van der Waals surface area contributed by atoms with Gasteiger partial charge in [0.05, 0.1) is 12.1 Å². The first-order chi connectivity index (χ1) is 7.72. The van der Waals surface area contributed by atoms with Crippen molar-refractivity contribution in [1.82, 2.24) is 5.32 Å². The van der Waals surface area contributed by atoms with Crippen molar-refractivity contribution in [2.75, 3.05) is 0 Å². The molecule has 0 saturated heterocycles. The summed E-state index contributed by atoms with van der Waals surface area (Å²) in [4.78, 5) is 11.2. The minimum atomic E-state index is -0.0374. The molecule has 1 aliphatic carbocycles. The minimum absolute atomic E-state index is 0.00773. The number of nitriles is 1. The number of nitrogens with zero attached hydrogens (tertiary/aromatic N) is 1. The van der Waals surface area contributed by atoms with E-state index in [1.807, 2.05) is 18.2 Å². The molecular formula is C13H14N2O. The van der Waals surface area contributed by atoms with Crippen LogP contribution >= 0.6 is 0 Å². The number of hydrogen-bond acceptors (Lipinski definition) is 2. The lowest BCUT2D eigenvalue weighted by Gasteiger charge is -2.18. The van der Waals surface area contributed by atoms with Crippen LogP contribution in [0.2, 0.25) is 0 Å². The van der Waals surface area contributed by atoms with Crippen molar-refractivity contribution in [2.45, 2.75) is 25.8 Å². The van der Waals surface area contributed by atoms with E-state index in [9.17, 15) is 4.79 Å². The van der Waals surface area contributed by atoms with Crippen molar-refractivity contribution >= 4 is 5.91 Å². The summed E-state index contributed by atoms with van der Waals surface area (Å²) in [7, 11) is 0. The van der Waals surface area contributed by atoms with Gasteiger partial charge < -0.3 is 5.32 Å². The number of carbonyl (C=O) groups is 1. The summed E-state index contributed by atoms with van der Waals surface area (Å²) in [6.07, 6.45) is 1.37. The monoisotopic (exact) mass is 214 g/mol. The van der Waals surface area contributed by atoms with Gasteiger partial charge in [-0.25, -0.2) is 0 Å². The van der Waals surface area contributed by atoms with Crippen LogP contribution in [0.1, 0.15) is 30.5 Å². The van der Waals surface area contributed by atoms with Crippen LogP contribution in [-0.2, 0) is 11.2 Å². The van der Waals surface area contributed by atoms with Gasteiger partial charge >= 0.3 is 0 Å². The van der Waals surface area contributed by atoms with E-state index in [0.717, 1.165) is 12.0 Å². The second-order valence-electron chi connectivity index (χ2n) is 4.20. The van der Waals surface area contributed by atoms with Crippen molar-refractivity contribution in [3.05, 3.63) is 35.4 Å². The molecule has 0 heterocycles. The lowest BCUT2D eigenvalue weighted by molar-refractivity contribution is -0.120. The van der Waals surface area contributed by atoms with Crippen LogP contribution < -0.4 is 5.32 Å². The Morgan fingerprint density at radius 2 is 2.31 bits per heavy atom. The molecule has 1 N–H and O–H groups in total. The standard InChI is InChI=1S/C13H14N2O/c1-9(16)15-13-11(6-7-14)8-10-4-2-3-5-12(10)13/h2-5,11,13H,6,8H2,1H3,(H,15,16). The van der Waals surface area contributed by atoms with E-state index >= 15 is 0 Å². The lowest BCUT2D eigenvalue weighted by atomic mass is 9.98. The van der Waals surface area contributed by atoms with E-state index in [1.165, 1.54) is 12.5 Å². The summed E-state index contributed by atoms with van der Waals surface area (Å²) in [6, 6.07) is 10.3. The van der Waals surface area contributed by atoms with Crippen LogP contribution in [0.25, 0.3) is 0 Å². The highest BCUT2D eigenvalue weighted by molar-refractivity contribution is 5.73. The van der Waals surface area contributed by atoms with E-state index in [4.69, 9.17) is 5.26 Å². The van der Waals surface area contributed by atoms with Crippen molar-refractivity contribution in [3.8, 4) is 6.07 Å². The highest BCUT2D eigenvalue weighted by Crippen LogP contribution is 2.37. The second-order valence-corrected chi connectivity index (χ2v) is 4.20. The number of benzene rings is 1. The predicted molar refractivity (Wildman–Crippen MR) is 60.4 cm³/mol. The van der Waals surface area contributed by atoms with Crippen LogP contribution in [0, 0.1) is 17.2 Å². The first-order valence-corrected chi connectivity index (χ1v) is 5.44. The third-order valence-corrected chi connectivity index (χ3v) is 3.06. The van der Waals surface area contributed by atoms with Gasteiger partial charge in [0.15, 0.2) is 0 Å². The van der Waals surface area contributed by atoms with Gasteiger partial charge in [0.2, 0.25) is 5.91 Å². The molecule has 0 saturated carbocycles. The van der Waals surface area contributed by atoms with Crippen LogP contribution in [0.4, 0.5) is 0 Å². The predicted octanol–water partition coefficient (Wildman–Crippen LogP) is 1.95. The van der Waals surface area contributed by atoms with Crippen LogP contribution in [0.15, 0.2) is 24.3 Å². The second kappa shape index (κ2) is 4.36. The summed E-state index contributed by atoms with van der Waals surface area (Å²) in [5, 5.41) is 11.7. The molecule has 0 spiro atoms. The number of nitrogens with one attached hydrogen (secondary N) is 1. The molecule has 2 rings (SSSR count). The Hall–Kier alpha value is -1.82. The third kappa shape index (κ3) is 1.92. The maximum atomic E-state index is 11.2. The molecule has 3 nitrogen and oxygen atoms in total. The summed E-state index contributed by atoms with van der Waals surface area (Å²) in [6.45, 7) is 1.52. The fourth-order valence-corrected chi connectivity index (χ4v) is 2.40. The summed E-state index contributed by atoms with van der Waals surface area (Å²) in [5.41, 5.74) is 2.42. The van der Waals surface area contributed by atoms with Crippen molar-refractivity contribution < 1.29 is 4.79 Å². The largest absolute Gasteiger partial charge is 0.349 e. The van der Waals surface area contributed by atoms with Gasteiger partial charge in [-0.3, -0.25) is 4.79 Å². The Morgan fingerprint density at radius 1 is 1.56 bits per heavy atom. The normalized spacial score (nSPS) is 22.2. The summed E-state index contributed by atoms with van der Waals surface area (Å²) < 4.78 is 0. The molecule has 16 heavy (non-hydrogen) atoms. The molecule has 0 aromatic heterocycles. The van der Waals surface area contributed by atoms with Crippen LogP contribution in [-0.4, -0.2) is 5.91 Å². The minimum Gasteiger partial charge on any atom is -0.349 e. The topological polar surface area (TPSA) is 52.9 Å². The Kier molecular flexibility index (Phi) is 2.91. The molecule has 0 fully saturated rings. The zero-order chi connectivity index (χ0) is 11.5. The number of amides is 1. The fraction of sp³-hybridized carbons (Fsp3) is 0.385. The third-order valence-electron chi connectivity index (χ3n) is 3.06. The first-order valence-electron chi connectivity index (χ1n) is 5.44. The van der Waals surface area contributed by atoms with Crippen molar-refractivity contribution in [1.29, 1.82) is 5.26 Å². The van der Waals surface area contributed by atoms with Gasteiger partial charge in [-0.05, 0) is 17.5 Å². The number of carbonyl (C=O) groups excluding carboxylic acids is 1. The quantitative estimate of drug-likeness (QED) is 0.818. The maximum absolute atomic E-state index is 11.2. The Balaban J connectivity index is 2.29. The fourth-order valence-electron chi connectivity index (χ4n) is 2.40. The summed E-state index contributed by atoms with van der Waals surface area (Å²) in [5.74, 6) is 0.177. The molecule has 2 atom stereocenters. The molecule has 0 radical (unpaired) electrons. The zero-order valence-corrected chi connectivity index (χ0v) is 9.23. The number of hydrogen-bond donors (Lipinski definition) is 1. The molecule has 0 aliphatic heterocycles. The van der Waals surface area contributed by atoms with E-state index in [2.05, 4.69) is 17.5 Å². The lowest BCUT2D eigenvalue weighted by Crippen LogP contribution is -2.29. The molecule has 2 unspecified atom stereocenters. The van der Waals surface area contributed by atoms with Crippen LogP contribution in [0.5, 0.6) is 0 Å². The molecule has 1 amide bonds. The van der Waals surface area contributed by atoms with E-state index < -0.39 is 0 Å². The summed E-state index contributed by atoms with van der Waals surface area (Å²) >= 11 is 0. The zero-order valence-electron chi connectivity index (χ0n) is 9.23. The van der Waals surface area contributed by atoms with Gasteiger partial charge in [-0.2, -0.15) is 5.26 Å². The average molecular weight is 214 g/mol. The highest BCUT2D eigenvalue weighted by Gasteiger charge is 2.32. The molecule has 1 aromatic rings. The molecule has 3 heteroatoms. The molecule has 1 aliphatic rings. The maximum Gasteiger partial charge on any atom is 0.217 e. The van der Waals surface area contributed by atoms with Crippen LogP contribution in [0.3, 0.4) is 0 Å². The Morgan fingerprint density at radius 3 is 3.00 bits per heavy atom. The van der Waals surface area contributed by atoms with Gasteiger partial charge in [0.1, 0.15) is 0 Å². The molecule has 0 bridgehead atoms. The van der Waals surface area contributed by atoms with Gasteiger partial charge in [-0.1, -0.05) is 24.3 Å². The van der Waals surface area contributed by atoms with E-state index in [-0.39, 0.29) is 17.9 Å². The SMILES string of the molecule is CC(=O)NC1c2ccccc2CC1CC#N. The highest BCUT2D eigenvalue weighted by atomic mass is 16.1. The average Bonchev–Trinajstić information content (AvgIpc) is 2.57. The Bertz CT molecular complexity index is 447. The van der Waals surface area contributed by atoms with Crippen molar-refractivity contribution in [2.24, 2.45) is 5.92 Å². The van der Waals surface area contributed by atoms with Gasteiger partial charge in [-0.15, -0.1) is 0 Å². The van der Waals surface area contributed by atoms with E-state index in [1.54, 1.807) is 0 Å². The van der Waals surface area contributed by atoms with Gasteiger partial charge in [0, 0.05) is 19.3 Å². The molecular weight excluding hydrogens is 200 g/mol. The molecule has 82 valence electrons. The number of rotatable bonds is 2. The number of fused-ring (bicyclic) bond motifs is 1. The van der Waals surface area contributed by atoms with Crippen molar-refractivity contribution in [3.63, 3.8) is 0 Å². The Labute approximate surface area is 95.1 Å². The van der Waals surface area contributed by atoms with Gasteiger partial charge in [0.25, 0.3) is 0 Å². The molecule has 1 aromatic carbocycles. The van der Waals surface area contributed by atoms with E-state index in [0.29, 0.717) is 6.42 Å². The first kappa shape index (κ1) is 10.7.